The van der Waals surface area contributed by atoms with Crippen LogP contribution in [0.2, 0.25) is 0 Å². The molecular formula is C11H17N3O2. The van der Waals surface area contributed by atoms with Crippen molar-refractivity contribution in [3.63, 3.8) is 0 Å². The number of hydrogen-bond donors (Lipinski definition) is 1. The SMILES string of the molecule is Cc1nc(C(=O)N2CCCNCC2)oc1C. The molecule has 2 heterocycles. The van der Waals surface area contributed by atoms with Gasteiger partial charge < -0.3 is 14.6 Å². The zero-order valence-electron chi connectivity index (χ0n) is 9.75. The standard InChI is InChI=1S/C11H17N3O2/c1-8-9(2)16-10(13-8)11(15)14-6-3-4-12-5-7-14/h12H,3-7H2,1-2H3. The summed E-state index contributed by atoms with van der Waals surface area (Å²) in [5.74, 6) is 0.841. The predicted molar refractivity (Wildman–Crippen MR) is 59.4 cm³/mol. The van der Waals surface area contributed by atoms with E-state index in [0.717, 1.165) is 44.1 Å². The molecule has 0 unspecified atom stereocenters. The Labute approximate surface area is 94.8 Å². The van der Waals surface area contributed by atoms with Gasteiger partial charge in [-0.1, -0.05) is 0 Å². The van der Waals surface area contributed by atoms with Gasteiger partial charge in [0, 0.05) is 19.6 Å². The molecule has 1 aliphatic rings. The fourth-order valence-corrected chi connectivity index (χ4v) is 1.75. The maximum Gasteiger partial charge on any atom is 0.309 e. The molecule has 2 rings (SSSR count). The molecule has 1 N–H and O–H groups in total. The first-order valence-corrected chi connectivity index (χ1v) is 5.62. The highest BCUT2D eigenvalue weighted by Crippen LogP contribution is 2.11. The van der Waals surface area contributed by atoms with E-state index in [1.165, 1.54) is 0 Å². The molecule has 5 heteroatoms. The van der Waals surface area contributed by atoms with Gasteiger partial charge in [0.1, 0.15) is 5.76 Å². The zero-order valence-corrected chi connectivity index (χ0v) is 9.75. The lowest BCUT2D eigenvalue weighted by molar-refractivity contribution is 0.0725. The van der Waals surface area contributed by atoms with Crippen LogP contribution in [0, 0.1) is 13.8 Å². The number of hydrogen-bond acceptors (Lipinski definition) is 4. The fourth-order valence-electron chi connectivity index (χ4n) is 1.75. The van der Waals surface area contributed by atoms with Crippen molar-refractivity contribution in [3.8, 4) is 0 Å². The quantitative estimate of drug-likeness (QED) is 0.762. The Bertz CT molecular complexity index is 359. The molecule has 1 aliphatic heterocycles. The second-order valence-electron chi connectivity index (χ2n) is 4.06. The first-order valence-electron chi connectivity index (χ1n) is 5.62. The van der Waals surface area contributed by atoms with Gasteiger partial charge in [0.2, 0.25) is 0 Å². The number of aromatic nitrogens is 1. The van der Waals surface area contributed by atoms with Gasteiger partial charge in [-0.2, -0.15) is 0 Å². The van der Waals surface area contributed by atoms with Crippen LogP contribution >= 0.6 is 0 Å². The van der Waals surface area contributed by atoms with Gasteiger partial charge in [-0.25, -0.2) is 4.98 Å². The van der Waals surface area contributed by atoms with E-state index in [-0.39, 0.29) is 11.8 Å². The lowest BCUT2D eigenvalue weighted by Crippen LogP contribution is -2.34. The number of amides is 1. The van der Waals surface area contributed by atoms with Crippen molar-refractivity contribution in [2.75, 3.05) is 26.2 Å². The Morgan fingerprint density at radius 3 is 2.88 bits per heavy atom. The highest BCUT2D eigenvalue weighted by molar-refractivity contribution is 5.89. The average Bonchev–Trinajstić information content (AvgIpc) is 2.51. The normalized spacial score (nSPS) is 17.2. The smallest absolute Gasteiger partial charge is 0.309 e. The highest BCUT2D eigenvalue weighted by atomic mass is 16.4. The van der Waals surface area contributed by atoms with E-state index >= 15 is 0 Å². The van der Waals surface area contributed by atoms with E-state index in [0.29, 0.717) is 0 Å². The summed E-state index contributed by atoms with van der Waals surface area (Å²) in [6, 6.07) is 0. The molecule has 16 heavy (non-hydrogen) atoms. The number of oxazole rings is 1. The minimum absolute atomic E-state index is 0.0973. The van der Waals surface area contributed by atoms with Crippen LogP contribution in [0.5, 0.6) is 0 Å². The summed E-state index contributed by atoms with van der Waals surface area (Å²) < 4.78 is 5.35. The van der Waals surface area contributed by atoms with Gasteiger partial charge >= 0.3 is 5.91 Å². The molecule has 0 aromatic carbocycles. The monoisotopic (exact) mass is 223 g/mol. The van der Waals surface area contributed by atoms with E-state index in [9.17, 15) is 4.79 Å². The summed E-state index contributed by atoms with van der Waals surface area (Å²) in [7, 11) is 0. The Hall–Kier alpha value is -1.36. The van der Waals surface area contributed by atoms with Gasteiger partial charge in [0.15, 0.2) is 0 Å². The third-order valence-corrected chi connectivity index (χ3v) is 2.84. The second kappa shape index (κ2) is 4.65. The molecule has 0 atom stereocenters. The number of carbonyl (C=O) groups is 1. The van der Waals surface area contributed by atoms with Gasteiger partial charge in [0.25, 0.3) is 5.89 Å². The first-order chi connectivity index (χ1) is 7.68. The molecular weight excluding hydrogens is 206 g/mol. The van der Waals surface area contributed by atoms with Gasteiger partial charge in [-0.15, -0.1) is 0 Å². The van der Waals surface area contributed by atoms with Gasteiger partial charge in [0.05, 0.1) is 5.69 Å². The van der Waals surface area contributed by atoms with E-state index in [1.54, 1.807) is 4.90 Å². The van der Waals surface area contributed by atoms with Crippen LogP contribution < -0.4 is 5.32 Å². The van der Waals surface area contributed by atoms with Crippen molar-refractivity contribution in [1.82, 2.24) is 15.2 Å². The summed E-state index contributed by atoms with van der Waals surface area (Å²) in [6.45, 7) is 6.96. The number of rotatable bonds is 1. The number of nitrogens with zero attached hydrogens (tertiary/aromatic N) is 2. The third kappa shape index (κ3) is 2.24. The maximum absolute atomic E-state index is 12.1. The molecule has 0 spiro atoms. The molecule has 0 radical (unpaired) electrons. The first kappa shape index (κ1) is 11.1. The fraction of sp³-hybridized carbons (Fsp3) is 0.636. The van der Waals surface area contributed by atoms with Crippen molar-refractivity contribution in [1.29, 1.82) is 0 Å². The van der Waals surface area contributed by atoms with Crippen LogP contribution in [0.4, 0.5) is 0 Å². The predicted octanol–water partition coefficient (Wildman–Crippen LogP) is 0.727. The number of aryl methyl sites for hydroxylation is 2. The van der Waals surface area contributed by atoms with Crippen molar-refractivity contribution in [3.05, 3.63) is 17.3 Å². The van der Waals surface area contributed by atoms with E-state index in [4.69, 9.17) is 4.42 Å². The molecule has 1 fully saturated rings. The molecule has 0 aliphatic carbocycles. The Balaban J connectivity index is 2.11. The largest absolute Gasteiger partial charge is 0.438 e. The van der Waals surface area contributed by atoms with Crippen molar-refractivity contribution >= 4 is 5.91 Å². The summed E-state index contributed by atoms with van der Waals surface area (Å²) in [5.41, 5.74) is 0.788. The molecule has 88 valence electrons. The topological polar surface area (TPSA) is 58.4 Å². The van der Waals surface area contributed by atoms with Crippen LogP contribution in [-0.4, -0.2) is 42.0 Å². The Morgan fingerprint density at radius 2 is 2.19 bits per heavy atom. The van der Waals surface area contributed by atoms with Gasteiger partial charge in [-0.3, -0.25) is 4.79 Å². The number of carbonyl (C=O) groups excluding carboxylic acids is 1. The summed E-state index contributed by atoms with van der Waals surface area (Å²) in [5, 5.41) is 3.26. The molecule has 1 aromatic heterocycles. The molecule has 1 amide bonds. The molecule has 1 aromatic rings. The Kier molecular flexibility index (Phi) is 3.24. The second-order valence-corrected chi connectivity index (χ2v) is 4.06. The molecule has 0 saturated carbocycles. The minimum atomic E-state index is -0.0973. The average molecular weight is 223 g/mol. The lowest BCUT2D eigenvalue weighted by atomic mass is 10.4. The van der Waals surface area contributed by atoms with Crippen molar-refractivity contribution < 1.29 is 9.21 Å². The van der Waals surface area contributed by atoms with Gasteiger partial charge in [-0.05, 0) is 26.8 Å². The highest BCUT2D eigenvalue weighted by Gasteiger charge is 2.22. The summed E-state index contributed by atoms with van der Waals surface area (Å²) in [6.07, 6.45) is 0.977. The van der Waals surface area contributed by atoms with Crippen molar-refractivity contribution in [2.24, 2.45) is 0 Å². The minimum Gasteiger partial charge on any atom is -0.438 e. The summed E-state index contributed by atoms with van der Waals surface area (Å²) >= 11 is 0. The third-order valence-electron chi connectivity index (χ3n) is 2.84. The summed E-state index contributed by atoms with van der Waals surface area (Å²) in [4.78, 5) is 18.0. The van der Waals surface area contributed by atoms with E-state index in [2.05, 4.69) is 10.3 Å². The zero-order chi connectivity index (χ0) is 11.5. The van der Waals surface area contributed by atoms with Crippen LogP contribution in [-0.2, 0) is 0 Å². The Morgan fingerprint density at radius 1 is 1.38 bits per heavy atom. The van der Waals surface area contributed by atoms with Crippen LogP contribution in [0.1, 0.15) is 28.6 Å². The van der Waals surface area contributed by atoms with Crippen LogP contribution in [0.15, 0.2) is 4.42 Å². The van der Waals surface area contributed by atoms with E-state index in [1.807, 2.05) is 13.8 Å². The maximum atomic E-state index is 12.1. The molecule has 0 bridgehead atoms. The molecule has 1 saturated heterocycles. The van der Waals surface area contributed by atoms with Crippen LogP contribution in [0.25, 0.3) is 0 Å². The van der Waals surface area contributed by atoms with Crippen LogP contribution in [0.3, 0.4) is 0 Å². The van der Waals surface area contributed by atoms with Crippen molar-refractivity contribution in [2.45, 2.75) is 20.3 Å². The lowest BCUT2D eigenvalue weighted by Gasteiger charge is -2.17. The number of nitrogens with one attached hydrogen (secondary N) is 1. The van der Waals surface area contributed by atoms with E-state index < -0.39 is 0 Å². The molecule has 5 nitrogen and oxygen atoms in total.